The lowest BCUT2D eigenvalue weighted by atomic mass is 10.1. The molecule has 7 heteroatoms. The van der Waals surface area contributed by atoms with E-state index in [4.69, 9.17) is 4.52 Å². The summed E-state index contributed by atoms with van der Waals surface area (Å²) in [6.07, 6.45) is 3.72. The Kier molecular flexibility index (Phi) is 3.74. The van der Waals surface area contributed by atoms with Crippen molar-refractivity contribution in [1.82, 2.24) is 24.5 Å². The average Bonchev–Trinajstić information content (AvgIpc) is 3.05. The van der Waals surface area contributed by atoms with Crippen LogP contribution in [0.15, 0.2) is 16.9 Å². The van der Waals surface area contributed by atoms with Gasteiger partial charge >= 0.3 is 0 Å². The topological polar surface area (TPSA) is 67.4 Å². The molecule has 1 saturated heterocycles. The van der Waals surface area contributed by atoms with E-state index in [2.05, 4.69) is 22.1 Å². The van der Waals surface area contributed by atoms with Crippen molar-refractivity contribution in [2.75, 3.05) is 26.7 Å². The molecule has 1 aliphatic heterocycles. The lowest BCUT2D eigenvalue weighted by Crippen LogP contribution is -2.49. The van der Waals surface area contributed by atoms with Crippen molar-refractivity contribution in [1.29, 1.82) is 0 Å². The van der Waals surface area contributed by atoms with Gasteiger partial charge in [-0.3, -0.25) is 9.69 Å². The van der Waals surface area contributed by atoms with E-state index in [0.717, 1.165) is 12.4 Å². The minimum atomic E-state index is -0.0106. The fraction of sp³-hybridized carbons (Fsp3) is 0.533. The SMILES string of the molecule is Cc1noc(C)c1C(=O)N1CCN(C)[C@@H](c2nccn2C)C1. The van der Waals surface area contributed by atoms with Crippen LogP contribution in [-0.2, 0) is 7.05 Å². The highest BCUT2D eigenvalue weighted by molar-refractivity contribution is 5.96. The Morgan fingerprint density at radius 3 is 2.68 bits per heavy atom. The lowest BCUT2D eigenvalue weighted by molar-refractivity contribution is 0.0526. The molecule has 0 N–H and O–H groups in total. The summed E-state index contributed by atoms with van der Waals surface area (Å²) in [4.78, 5) is 21.3. The van der Waals surface area contributed by atoms with E-state index in [1.54, 1.807) is 20.0 Å². The zero-order valence-corrected chi connectivity index (χ0v) is 13.4. The highest BCUT2D eigenvalue weighted by Gasteiger charge is 2.33. The maximum Gasteiger partial charge on any atom is 0.259 e. The quantitative estimate of drug-likeness (QED) is 0.832. The first kappa shape index (κ1) is 14.8. The standard InChI is InChI=1S/C15H21N5O2/c1-10-13(11(2)22-17-10)15(21)20-8-7-18(3)12(9-20)14-16-5-6-19(14)4/h5-6,12H,7-9H2,1-4H3/t12-/m1/s1. The molecule has 0 radical (unpaired) electrons. The lowest BCUT2D eigenvalue weighted by Gasteiger charge is -2.39. The minimum Gasteiger partial charge on any atom is -0.361 e. The molecule has 0 spiro atoms. The zero-order chi connectivity index (χ0) is 15.9. The van der Waals surface area contributed by atoms with Gasteiger partial charge in [0.15, 0.2) is 0 Å². The molecule has 1 amide bonds. The van der Waals surface area contributed by atoms with Gasteiger partial charge in [0.1, 0.15) is 17.1 Å². The van der Waals surface area contributed by atoms with Crippen molar-refractivity contribution < 1.29 is 9.32 Å². The minimum absolute atomic E-state index is 0.0106. The molecule has 22 heavy (non-hydrogen) atoms. The second-order valence-electron chi connectivity index (χ2n) is 5.84. The van der Waals surface area contributed by atoms with Gasteiger partial charge in [-0.15, -0.1) is 0 Å². The second-order valence-corrected chi connectivity index (χ2v) is 5.84. The van der Waals surface area contributed by atoms with Gasteiger partial charge in [0.05, 0.1) is 11.7 Å². The van der Waals surface area contributed by atoms with Crippen LogP contribution in [0.1, 0.15) is 33.7 Å². The van der Waals surface area contributed by atoms with Gasteiger partial charge < -0.3 is 14.0 Å². The Balaban J connectivity index is 1.84. The molecule has 1 aliphatic rings. The molecule has 0 aromatic carbocycles. The van der Waals surface area contributed by atoms with Crippen LogP contribution in [0, 0.1) is 13.8 Å². The smallest absolute Gasteiger partial charge is 0.259 e. The number of nitrogens with zero attached hydrogens (tertiary/aromatic N) is 5. The molecule has 3 rings (SSSR count). The van der Waals surface area contributed by atoms with Crippen LogP contribution in [0.25, 0.3) is 0 Å². The number of carbonyl (C=O) groups excluding carboxylic acids is 1. The first-order chi connectivity index (χ1) is 10.5. The van der Waals surface area contributed by atoms with Crippen molar-refractivity contribution >= 4 is 5.91 Å². The Morgan fingerprint density at radius 1 is 1.32 bits per heavy atom. The summed E-state index contributed by atoms with van der Waals surface area (Å²) in [7, 11) is 4.04. The van der Waals surface area contributed by atoms with Crippen LogP contribution in [0.2, 0.25) is 0 Å². The van der Waals surface area contributed by atoms with Crippen LogP contribution < -0.4 is 0 Å². The maximum absolute atomic E-state index is 12.8. The molecular weight excluding hydrogens is 282 g/mol. The van der Waals surface area contributed by atoms with Gasteiger partial charge in [-0.25, -0.2) is 4.98 Å². The summed E-state index contributed by atoms with van der Waals surface area (Å²) in [5.74, 6) is 1.54. The second kappa shape index (κ2) is 5.57. The highest BCUT2D eigenvalue weighted by atomic mass is 16.5. The van der Waals surface area contributed by atoms with Crippen molar-refractivity contribution in [3.05, 3.63) is 35.2 Å². The monoisotopic (exact) mass is 303 g/mol. The van der Waals surface area contributed by atoms with Crippen LogP contribution in [0.4, 0.5) is 0 Å². The number of hydrogen-bond donors (Lipinski definition) is 0. The van der Waals surface area contributed by atoms with Crippen molar-refractivity contribution in [3.8, 4) is 0 Å². The summed E-state index contributed by atoms with van der Waals surface area (Å²) >= 11 is 0. The van der Waals surface area contributed by atoms with Gasteiger partial charge in [-0.2, -0.15) is 0 Å². The van der Waals surface area contributed by atoms with E-state index in [1.807, 2.05) is 22.7 Å². The number of aryl methyl sites for hydroxylation is 3. The molecule has 2 aromatic rings. The molecule has 0 bridgehead atoms. The normalized spacial score (nSPS) is 19.6. The van der Waals surface area contributed by atoms with Gasteiger partial charge in [0.25, 0.3) is 5.91 Å². The van der Waals surface area contributed by atoms with Gasteiger partial charge in [0, 0.05) is 39.1 Å². The Hall–Kier alpha value is -2.15. The predicted octanol–water partition coefficient (Wildman–Crippen LogP) is 1.15. The fourth-order valence-corrected chi connectivity index (χ4v) is 2.98. The van der Waals surface area contributed by atoms with E-state index in [-0.39, 0.29) is 11.9 Å². The van der Waals surface area contributed by atoms with E-state index >= 15 is 0 Å². The number of hydrogen-bond acceptors (Lipinski definition) is 5. The van der Waals surface area contributed by atoms with E-state index in [0.29, 0.717) is 30.1 Å². The summed E-state index contributed by atoms with van der Waals surface area (Å²) < 4.78 is 7.13. The van der Waals surface area contributed by atoms with Crippen molar-refractivity contribution in [2.24, 2.45) is 7.05 Å². The number of rotatable bonds is 2. The number of imidazole rings is 1. The number of aromatic nitrogens is 3. The summed E-state index contributed by atoms with van der Waals surface area (Å²) in [5.41, 5.74) is 1.23. The first-order valence-electron chi connectivity index (χ1n) is 7.38. The third-order valence-corrected chi connectivity index (χ3v) is 4.34. The molecule has 3 heterocycles. The predicted molar refractivity (Wildman–Crippen MR) is 80.5 cm³/mol. The van der Waals surface area contributed by atoms with Gasteiger partial charge in [0.2, 0.25) is 0 Å². The fourth-order valence-electron chi connectivity index (χ4n) is 2.98. The van der Waals surface area contributed by atoms with Crippen LogP contribution in [0.5, 0.6) is 0 Å². The Labute approximate surface area is 129 Å². The Bertz CT molecular complexity index is 670. The van der Waals surface area contributed by atoms with E-state index in [9.17, 15) is 4.79 Å². The third-order valence-electron chi connectivity index (χ3n) is 4.34. The molecule has 0 saturated carbocycles. The van der Waals surface area contributed by atoms with Crippen LogP contribution in [0.3, 0.4) is 0 Å². The van der Waals surface area contributed by atoms with Crippen LogP contribution in [-0.4, -0.2) is 57.1 Å². The largest absolute Gasteiger partial charge is 0.361 e. The molecule has 1 fully saturated rings. The van der Waals surface area contributed by atoms with E-state index < -0.39 is 0 Å². The van der Waals surface area contributed by atoms with Crippen molar-refractivity contribution in [2.45, 2.75) is 19.9 Å². The summed E-state index contributed by atoms with van der Waals surface area (Å²) in [5, 5.41) is 3.88. The molecule has 0 unspecified atom stereocenters. The van der Waals surface area contributed by atoms with Crippen LogP contribution >= 0.6 is 0 Å². The first-order valence-corrected chi connectivity index (χ1v) is 7.38. The molecule has 7 nitrogen and oxygen atoms in total. The Morgan fingerprint density at radius 2 is 2.09 bits per heavy atom. The summed E-state index contributed by atoms with van der Waals surface area (Å²) in [6, 6.07) is 0.0955. The molecule has 2 aromatic heterocycles. The zero-order valence-electron chi connectivity index (χ0n) is 13.4. The number of piperazine rings is 1. The molecule has 0 aliphatic carbocycles. The number of likely N-dealkylation sites (N-methyl/N-ethyl adjacent to an activating group) is 1. The third kappa shape index (κ3) is 2.41. The van der Waals surface area contributed by atoms with Gasteiger partial charge in [-0.1, -0.05) is 5.16 Å². The maximum atomic E-state index is 12.8. The van der Waals surface area contributed by atoms with Gasteiger partial charge in [-0.05, 0) is 20.9 Å². The molecular formula is C15H21N5O2. The highest BCUT2D eigenvalue weighted by Crippen LogP contribution is 2.24. The molecule has 118 valence electrons. The van der Waals surface area contributed by atoms with E-state index in [1.165, 1.54) is 0 Å². The molecule has 1 atom stereocenters. The average molecular weight is 303 g/mol. The van der Waals surface area contributed by atoms with Crippen molar-refractivity contribution in [3.63, 3.8) is 0 Å². The number of carbonyl (C=O) groups is 1. The summed E-state index contributed by atoms with van der Waals surface area (Å²) in [6.45, 7) is 5.70. The number of amides is 1.